The third-order valence-corrected chi connectivity index (χ3v) is 5.58. The summed E-state index contributed by atoms with van der Waals surface area (Å²) in [4.78, 5) is 4.78. The van der Waals surface area contributed by atoms with Crippen LogP contribution in [0.3, 0.4) is 0 Å². The van der Waals surface area contributed by atoms with Crippen molar-refractivity contribution in [3.8, 4) is 0 Å². The summed E-state index contributed by atoms with van der Waals surface area (Å²) in [5.74, 6) is 0.805. The van der Waals surface area contributed by atoms with Gasteiger partial charge in [0.1, 0.15) is 0 Å². The SMILES string of the molecule is C=C(NCC1(CC)CC1)c1ccc(CCC(C)CCC)c(C)n1. The topological polar surface area (TPSA) is 24.9 Å². The Morgan fingerprint density at radius 1 is 1.30 bits per heavy atom. The summed E-state index contributed by atoms with van der Waals surface area (Å²) in [6.07, 6.45) is 8.96. The number of rotatable bonds is 10. The fraction of sp³-hybridized carbons (Fsp3) is 0.667. The van der Waals surface area contributed by atoms with Gasteiger partial charge in [0.05, 0.1) is 11.4 Å². The lowest BCUT2D eigenvalue weighted by Crippen LogP contribution is -2.22. The second kappa shape index (κ2) is 7.99. The molecule has 0 amide bonds. The predicted octanol–water partition coefficient (Wildman–Crippen LogP) is 5.51. The number of nitrogens with one attached hydrogen (secondary N) is 1. The van der Waals surface area contributed by atoms with E-state index in [0.29, 0.717) is 5.41 Å². The van der Waals surface area contributed by atoms with Crippen molar-refractivity contribution < 1.29 is 0 Å². The zero-order valence-corrected chi connectivity index (χ0v) is 15.5. The van der Waals surface area contributed by atoms with E-state index in [9.17, 15) is 0 Å². The van der Waals surface area contributed by atoms with Crippen molar-refractivity contribution in [2.45, 2.75) is 72.6 Å². The molecule has 1 aliphatic carbocycles. The van der Waals surface area contributed by atoms with Crippen molar-refractivity contribution in [2.75, 3.05) is 6.54 Å². The van der Waals surface area contributed by atoms with Crippen molar-refractivity contribution in [2.24, 2.45) is 11.3 Å². The molecular weight excluding hydrogens is 280 g/mol. The standard InChI is InChI=1S/C21H34N2/c1-6-8-16(3)9-10-19-11-12-20(23-17(19)4)18(5)22-15-21(7-2)13-14-21/h11-12,16,22H,5-10,13-15H2,1-4H3. The predicted molar refractivity (Wildman–Crippen MR) is 100 cm³/mol. The second-order valence-corrected chi connectivity index (χ2v) is 7.56. The molecule has 0 radical (unpaired) electrons. The minimum atomic E-state index is 0.535. The Hall–Kier alpha value is -1.31. The Kier molecular flexibility index (Phi) is 6.26. The minimum absolute atomic E-state index is 0.535. The molecule has 1 atom stereocenters. The highest BCUT2D eigenvalue weighted by Gasteiger charge is 2.40. The summed E-state index contributed by atoms with van der Waals surface area (Å²) in [6.45, 7) is 14.3. The Bertz CT molecular complexity index is 529. The van der Waals surface area contributed by atoms with Gasteiger partial charge in [-0.05, 0) is 62.0 Å². The fourth-order valence-electron chi connectivity index (χ4n) is 3.28. The molecule has 23 heavy (non-hydrogen) atoms. The number of nitrogens with zero attached hydrogens (tertiary/aromatic N) is 1. The maximum Gasteiger partial charge on any atom is 0.0858 e. The molecule has 0 bridgehead atoms. The van der Waals surface area contributed by atoms with Gasteiger partial charge in [-0.15, -0.1) is 0 Å². The van der Waals surface area contributed by atoms with Crippen molar-refractivity contribution >= 4 is 5.70 Å². The molecule has 2 heteroatoms. The third-order valence-electron chi connectivity index (χ3n) is 5.58. The first-order chi connectivity index (χ1) is 11.0. The normalized spacial score (nSPS) is 16.9. The number of aryl methyl sites for hydroxylation is 2. The van der Waals surface area contributed by atoms with E-state index >= 15 is 0 Å². The third kappa shape index (κ3) is 5.09. The first-order valence-corrected chi connectivity index (χ1v) is 9.39. The van der Waals surface area contributed by atoms with Crippen LogP contribution in [-0.4, -0.2) is 11.5 Å². The van der Waals surface area contributed by atoms with E-state index in [1.54, 1.807) is 0 Å². The molecule has 2 rings (SSSR count). The van der Waals surface area contributed by atoms with Gasteiger partial charge in [-0.1, -0.05) is 46.3 Å². The smallest absolute Gasteiger partial charge is 0.0858 e. The number of aromatic nitrogens is 1. The quantitative estimate of drug-likeness (QED) is 0.616. The summed E-state index contributed by atoms with van der Waals surface area (Å²) in [5.41, 5.74) is 5.05. The molecule has 1 aromatic rings. The van der Waals surface area contributed by atoms with E-state index in [1.165, 1.54) is 44.1 Å². The minimum Gasteiger partial charge on any atom is -0.383 e. The second-order valence-electron chi connectivity index (χ2n) is 7.56. The van der Waals surface area contributed by atoms with Crippen LogP contribution in [0.4, 0.5) is 0 Å². The maximum absolute atomic E-state index is 4.78. The van der Waals surface area contributed by atoms with Gasteiger partial charge in [-0.25, -0.2) is 0 Å². The lowest BCUT2D eigenvalue weighted by molar-refractivity contribution is 0.478. The summed E-state index contributed by atoms with van der Waals surface area (Å²) in [7, 11) is 0. The fourth-order valence-corrected chi connectivity index (χ4v) is 3.28. The van der Waals surface area contributed by atoms with E-state index in [2.05, 4.69) is 51.7 Å². The first-order valence-electron chi connectivity index (χ1n) is 9.39. The molecule has 1 fully saturated rings. The van der Waals surface area contributed by atoms with Crippen LogP contribution < -0.4 is 5.32 Å². The van der Waals surface area contributed by atoms with Gasteiger partial charge in [0.2, 0.25) is 0 Å². The van der Waals surface area contributed by atoms with Crippen molar-refractivity contribution in [3.63, 3.8) is 0 Å². The van der Waals surface area contributed by atoms with Crippen molar-refractivity contribution in [1.29, 1.82) is 0 Å². The van der Waals surface area contributed by atoms with Crippen LogP contribution in [0.15, 0.2) is 18.7 Å². The van der Waals surface area contributed by atoms with Gasteiger partial charge < -0.3 is 5.32 Å². The Morgan fingerprint density at radius 3 is 2.61 bits per heavy atom. The van der Waals surface area contributed by atoms with Gasteiger partial charge in [0, 0.05) is 12.2 Å². The largest absolute Gasteiger partial charge is 0.383 e. The Labute approximate surface area is 142 Å². The summed E-state index contributed by atoms with van der Waals surface area (Å²) in [5, 5.41) is 3.51. The molecule has 1 N–H and O–H groups in total. The van der Waals surface area contributed by atoms with E-state index < -0.39 is 0 Å². The summed E-state index contributed by atoms with van der Waals surface area (Å²) in [6, 6.07) is 4.38. The van der Waals surface area contributed by atoms with Gasteiger partial charge in [0.25, 0.3) is 0 Å². The average Bonchev–Trinajstić information content (AvgIpc) is 3.32. The zero-order chi connectivity index (χ0) is 16.9. The first kappa shape index (κ1) is 18.0. The monoisotopic (exact) mass is 314 g/mol. The number of pyridine rings is 1. The number of hydrogen-bond donors (Lipinski definition) is 1. The Morgan fingerprint density at radius 2 is 2.04 bits per heavy atom. The van der Waals surface area contributed by atoms with Crippen LogP contribution in [-0.2, 0) is 6.42 Å². The van der Waals surface area contributed by atoms with Gasteiger partial charge in [-0.3, -0.25) is 4.98 Å². The molecule has 128 valence electrons. The zero-order valence-electron chi connectivity index (χ0n) is 15.5. The lowest BCUT2D eigenvalue weighted by atomic mass is 9.96. The lowest BCUT2D eigenvalue weighted by Gasteiger charge is -2.17. The highest BCUT2D eigenvalue weighted by Crippen LogP contribution is 2.48. The molecule has 1 aliphatic rings. The van der Waals surface area contributed by atoms with E-state index in [-0.39, 0.29) is 0 Å². The van der Waals surface area contributed by atoms with Crippen LogP contribution >= 0.6 is 0 Å². The van der Waals surface area contributed by atoms with Crippen LogP contribution in [0.25, 0.3) is 5.70 Å². The van der Waals surface area contributed by atoms with Crippen molar-refractivity contribution in [3.05, 3.63) is 35.7 Å². The molecular formula is C21H34N2. The van der Waals surface area contributed by atoms with Gasteiger partial charge in [0.15, 0.2) is 0 Å². The van der Waals surface area contributed by atoms with Crippen LogP contribution in [0, 0.1) is 18.3 Å². The summed E-state index contributed by atoms with van der Waals surface area (Å²) < 4.78 is 0. The van der Waals surface area contributed by atoms with Crippen LogP contribution in [0.5, 0.6) is 0 Å². The molecule has 1 saturated carbocycles. The highest BCUT2D eigenvalue weighted by atomic mass is 14.9. The van der Waals surface area contributed by atoms with Crippen LogP contribution in [0.2, 0.25) is 0 Å². The molecule has 0 spiro atoms. The Balaban J connectivity index is 1.89. The molecule has 1 unspecified atom stereocenters. The average molecular weight is 315 g/mol. The van der Waals surface area contributed by atoms with E-state index in [0.717, 1.165) is 36.0 Å². The molecule has 1 aromatic heterocycles. The molecule has 0 aromatic carbocycles. The van der Waals surface area contributed by atoms with Gasteiger partial charge in [-0.2, -0.15) is 0 Å². The summed E-state index contributed by atoms with van der Waals surface area (Å²) >= 11 is 0. The van der Waals surface area contributed by atoms with E-state index in [4.69, 9.17) is 4.98 Å². The van der Waals surface area contributed by atoms with Crippen molar-refractivity contribution in [1.82, 2.24) is 10.3 Å². The van der Waals surface area contributed by atoms with Gasteiger partial charge >= 0.3 is 0 Å². The maximum atomic E-state index is 4.78. The molecule has 2 nitrogen and oxygen atoms in total. The van der Waals surface area contributed by atoms with Crippen LogP contribution in [0.1, 0.15) is 76.2 Å². The molecule has 0 saturated heterocycles. The highest BCUT2D eigenvalue weighted by molar-refractivity contribution is 5.58. The molecule has 1 heterocycles. The van der Waals surface area contributed by atoms with E-state index in [1.807, 2.05) is 0 Å². The number of hydrogen-bond acceptors (Lipinski definition) is 2. The molecule has 0 aliphatic heterocycles.